The van der Waals surface area contributed by atoms with Crippen LogP contribution in [0, 0.1) is 5.82 Å². The van der Waals surface area contributed by atoms with Gasteiger partial charge in [0.05, 0.1) is 6.61 Å². The molecule has 3 heteroatoms. The highest BCUT2D eigenvalue weighted by Crippen LogP contribution is 2.29. The van der Waals surface area contributed by atoms with E-state index in [-0.39, 0.29) is 24.4 Å². The summed E-state index contributed by atoms with van der Waals surface area (Å²) in [6, 6.07) is 7.05. The molecule has 0 radical (unpaired) electrons. The minimum atomic E-state index is -0.124. The van der Waals surface area contributed by atoms with Crippen molar-refractivity contribution in [3.63, 3.8) is 0 Å². The first-order valence-corrected chi connectivity index (χ1v) is 5.40. The van der Waals surface area contributed by atoms with Crippen molar-refractivity contribution in [3.8, 4) is 0 Å². The molecule has 0 aliphatic carbocycles. The fraction of sp³-hybridized carbons (Fsp3) is 0.500. The molecule has 82 valence electrons. The molecule has 1 heterocycles. The third-order valence-corrected chi connectivity index (χ3v) is 3.06. The maximum absolute atomic E-state index is 13.5. The van der Waals surface area contributed by atoms with Gasteiger partial charge >= 0.3 is 0 Å². The van der Waals surface area contributed by atoms with Gasteiger partial charge in [-0.1, -0.05) is 18.2 Å². The molecule has 2 atom stereocenters. The van der Waals surface area contributed by atoms with Gasteiger partial charge in [0.25, 0.3) is 0 Å². The van der Waals surface area contributed by atoms with Crippen molar-refractivity contribution in [2.75, 3.05) is 13.2 Å². The molecule has 2 rings (SSSR count). The highest BCUT2D eigenvalue weighted by Gasteiger charge is 2.23. The Kier molecular flexibility index (Phi) is 3.34. The molecule has 1 saturated heterocycles. The lowest BCUT2D eigenvalue weighted by atomic mass is 9.86. The number of rotatable bonds is 2. The lowest BCUT2D eigenvalue weighted by molar-refractivity contribution is 0.209. The second kappa shape index (κ2) is 4.73. The minimum Gasteiger partial charge on any atom is -0.395 e. The van der Waals surface area contributed by atoms with E-state index in [0.29, 0.717) is 0 Å². The molecule has 0 aromatic heterocycles. The predicted molar refractivity (Wildman–Crippen MR) is 57.3 cm³/mol. The van der Waals surface area contributed by atoms with Crippen molar-refractivity contribution in [2.45, 2.75) is 24.8 Å². The van der Waals surface area contributed by atoms with Crippen LogP contribution >= 0.6 is 0 Å². The third kappa shape index (κ3) is 2.36. The predicted octanol–water partition coefficient (Wildman–Crippen LogP) is 1.65. The van der Waals surface area contributed by atoms with E-state index in [1.807, 2.05) is 12.1 Å². The van der Waals surface area contributed by atoms with Crippen LogP contribution in [0.3, 0.4) is 0 Å². The van der Waals surface area contributed by atoms with Crippen molar-refractivity contribution in [1.29, 1.82) is 0 Å². The normalized spacial score (nSPS) is 26.5. The Morgan fingerprint density at radius 2 is 2.20 bits per heavy atom. The first-order chi connectivity index (χ1) is 7.31. The summed E-state index contributed by atoms with van der Waals surface area (Å²) >= 11 is 0. The van der Waals surface area contributed by atoms with Crippen molar-refractivity contribution in [3.05, 3.63) is 35.6 Å². The van der Waals surface area contributed by atoms with Gasteiger partial charge in [0.2, 0.25) is 0 Å². The Bertz CT molecular complexity index is 329. The number of aliphatic hydroxyl groups is 1. The lowest BCUT2D eigenvalue weighted by Crippen LogP contribution is -2.39. The molecule has 2 N–H and O–H groups in total. The summed E-state index contributed by atoms with van der Waals surface area (Å²) < 4.78 is 13.5. The molecule has 2 nitrogen and oxygen atoms in total. The van der Waals surface area contributed by atoms with Crippen LogP contribution in [0.15, 0.2) is 24.3 Å². The standard InChI is InChI=1S/C12H16FNO/c13-12-4-2-1-3-11(12)9-5-6-14-10(7-9)8-15/h1-4,9-10,14-15H,5-8H2. The monoisotopic (exact) mass is 209 g/mol. The zero-order chi connectivity index (χ0) is 10.7. The van der Waals surface area contributed by atoms with Crippen LogP contribution < -0.4 is 5.32 Å². The average Bonchev–Trinajstić information content (AvgIpc) is 2.30. The number of halogens is 1. The third-order valence-electron chi connectivity index (χ3n) is 3.06. The van der Waals surface area contributed by atoms with E-state index in [9.17, 15) is 4.39 Å². The van der Waals surface area contributed by atoms with Gasteiger partial charge in [-0.25, -0.2) is 4.39 Å². The van der Waals surface area contributed by atoms with Gasteiger partial charge in [-0.05, 0) is 36.9 Å². The molecule has 0 amide bonds. The number of aliphatic hydroxyl groups excluding tert-OH is 1. The highest BCUT2D eigenvalue weighted by atomic mass is 19.1. The fourth-order valence-corrected chi connectivity index (χ4v) is 2.23. The highest BCUT2D eigenvalue weighted by molar-refractivity contribution is 5.22. The first-order valence-electron chi connectivity index (χ1n) is 5.40. The summed E-state index contributed by atoms with van der Waals surface area (Å²) in [4.78, 5) is 0. The van der Waals surface area contributed by atoms with E-state index in [1.165, 1.54) is 6.07 Å². The molecule has 2 unspecified atom stereocenters. The van der Waals surface area contributed by atoms with Crippen LogP contribution in [0.1, 0.15) is 24.3 Å². The summed E-state index contributed by atoms with van der Waals surface area (Å²) in [7, 11) is 0. The van der Waals surface area contributed by atoms with Crippen molar-refractivity contribution >= 4 is 0 Å². The molecule has 1 aliphatic rings. The van der Waals surface area contributed by atoms with E-state index in [0.717, 1.165) is 24.9 Å². The molecular weight excluding hydrogens is 193 g/mol. The van der Waals surface area contributed by atoms with Crippen LogP contribution in [0.2, 0.25) is 0 Å². The maximum atomic E-state index is 13.5. The van der Waals surface area contributed by atoms with Crippen LogP contribution in [0.5, 0.6) is 0 Å². The molecule has 1 aromatic carbocycles. The van der Waals surface area contributed by atoms with Gasteiger partial charge < -0.3 is 10.4 Å². The smallest absolute Gasteiger partial charge is 0.126 e. The topological polar surface area (TPSA) is 32.3 Å². The van der Waals surface area contributed by atoms with Gasteiger partial charge in [-0.15, -0.1) is 0 Å². The average molecular weight is 209 g/mol. The molecule has 1 fully saturated rings. The van der Waals surface area contributed by atoms with Crippen molar-refractivity contribution < 1.29 is 9.50 Å². The van der Waals surface area contributed by atoms with Gasteiger partial charge in [0.1, 0.15) is 5.82 Å². The summed E-state index contributed by atoms with van der Waals surface area (Å²) in [5.74, 6) is 0.116. The number of benzene rings is 1. The Morgan fingerprint density at radius 1 is 1.40 bits per heavy atom. The first kappa shape index (κ1) is 10.6. The number of hydrogen-bond donors (Lipinski definition) is 2. The SMILES string of the molecule is OCC1CC(c2ccccc2F)CCN1. The number of nitrogens with one attached hydrogen (secondary N) is 1. The number of piperidine rings is 1. The minimum absolute atomic E-state index is 0.114. The largest absolute Gasteiger partial charge is 0.395 e. The zero-order valence-electron chi connectivity index (χ0n) is 8.62. The summed E-state index contributed by atoms with van der Waals surface area (Å²) in [6.07, 6.45) is 1.76. The Morgan fingerprint density at radius 3 is 2.93 bits per heavy atom. The van der Waals surface area contributed by atoms with Crippen LogP contribution in [0.25, 0.3) is 0 Å². The van der Waals surface area contributed by atoms with Crippen LogP contribution in [-0.2, 0) is 0 Å². The van der Waals surface area contributed by atoms with Crippen LogP contribution in [0.4, 0.5) is 4.39 Å². The second-order valence-electron chi connectivity index (χ2n) is 4.08. The molecule has 15 heavy (non-hydrogen) atoms. The van der Waals surface area contributed by atoms with Gasteiger partial charge in [-0.2, -0.15) is 0 Å². The second-order valence-corrected chi connectivity index (χ2v) is 4.08. The van der Waals surface area contributed by atoms with E-state index in [4.69, 9.17) is 5.11 Å². The van der Waals surface area contributed by atoms with Gasteiger partial charge in [0, 0.05) is 6.04 Å². The quantitative estimate of drug-likeness (QED) is 0.776. The molecular formula is C12H16FNO. The fourth-order valence-electron chi connectivity index (χ4n) is 2.23. The van der Waals surface area contributed by atoms with E-state index >= 15 is 0 Å². The van der Waals surface area contributed by atoms with E-state index in [1.54, 1.807) is 6.07 Å². The van der Waals surface area contributed by atoms with Crippen molar-refractivity contribution in [1.82, 2.24) is 5.32 Å². The van der Waals surface area contributed by atoms with Gasteiger partial charge in [-0.3, -0.25) is 0 Å². The lowest BCUT2D eigenvalue weighted by Gasteiger charge is -2.29. The molecule has 0 saturated carbocycles. The van der Waals surface area contributed by atoms with E-state index in [2.05, 4.69) is 5.32 Å². The Balaban J connectivity index is 2.13. The van der Waals surface area contributed by atoms with E-state index < -0.39 is 0 Å². The molecule has 1 aromatic rings. The van der Waals surface area contributed by atoms with Gasteiger partial charge in [0.15, 0.2) is 0 Å². The van der Waals surface area contributed by atoms with Crippen LogP contribution in [-0.4, -0.2) is 24.3 Å². The molecule has 0 bridgehead atoms. The summed E-state index contributed by atoms with van der Waals surface area (Å²) in [5, 5.41) is 12.3. The zero-order valence-corrected chi connectivity index (χ0v) is 8.62. The summed E-state index contributed by atoms with van der Waals surface area (Å²) in [5.41, 5.74) is 0.789. The Labute approximate surface area is 89.1 Å². The Hall–Kier alpha value is -0.930. The molecule has 1 aliphatic heterocycles. The summed E-state index contributed by atoms with van der Waals surface area (Å²) in [6.45, 7) is 0.981. The molecule has 0 spiro atoms. The number of hydrogen-bond acceptors (Lipinski definition) is 2. The maximum Gasteiger partial charge on any atom is 0.126 e. The van der Waals surface area contributed by atoms with Crippen molar-refractivity contribution in [2.24, 2.45) is 0 Å².